The van der Waals surface area contributed by atoms with Crippen LogP contribution in [-0.2, 0) is 11.2 Å². The number of ether oxygens (including phenoxy) is 1. The highest BCUT2D eigenvalue weighted by atomic mass is 35.5. The van der Waals surface area contributed by atoms with Crippen molar-refractivity contribution in [1.29, 1.82) is 0 Å². The van der Waals surface area contributed by atoms with E-state index in [1.165, 1.54) is 13.3 Å². The first-order valence-corrected chi connectivity index (χ1v) is 13.1. The molecule has 0 spiro atoms. The molecule has 6 nitrogen and oxygen atoms in total. The van der Waals surface area contributed by atoms with Crippen molar-refractivity contribution >= 4 is 28.4 Å². The highest BCUT2D eigenvalue weighted by Gasteiger charge is 2.41. The number of piperidine rings is 1. The van der Waals surface area contributed by atoms with Gasteiger partial charge in [-0.25, -0.2) is 23.0 Å². The number of likely N-dealkylation sites (tertiary alicyclic amines) is 1. The second-order valence-corrected chi connectivity index (χ2v) is 10.4. The monoisotopic (exact) mass is 567 g/mol. The summed E-state index contributed by atoms with van der Waals surface area (Å²) in [6.45, 7) is 1.64. The van der Waals surface area contributed by atoms with Crippen molar-refractivity contribution in [3.05, 3.63) is 70.1 Å². The summed E-state index contributed by atoms with van der Waals surface area (Å²) < 4.78 is 61.1. The van der Waals surface area contributed by atoms with Gasteiger partial charge >= 0.3 is 0 Å². The first-order chi connectivity index (χ1) is 18.7. The summed E-state index contributed by atoms with van der Waals surface area (Å²) in [5.74, 6) is -3.93. The van der Waals surface area contributed by atoms with Crippen LogP contribution in [0.25, 0.3) is 10.9 Å². The lowest BCUT2D eigenvalue weighted by atomic mass is 9.73. The smallest absolute Gasteiger partial charge is 0.249 e. The van der Waals surface area contributed by atoms with Crippen LogP contribution in [0.2, 0.25) is 5.02 Å². The Morgan fingerprint density at radius 1 is 1.21 bits per heavy atom. The minimum absolute atomic E-state index is 0.00512. The predicted octanol–water partition coefficient (Wildman–Crippen LogP) is 6.33. The van der Waals surface area contributed by atoms with E-state index >= 15 is 4.39 Å². The van der Waals surface area contributed by atoms with Crippen molar-refractivity contribution in [3.8, 4) is 5.75 Å². The average Bonchev–Trinajstić information content (AvgIpc) is 2.94. The quantitative estimate of drug-likeness (QED) is 0.130. The number of methoxy groups -OCH3 is 1. The first kappa shape index (κ1) is 29.0. The number of aromatic nitrogens is 1. The highest BCUT2D eigenvalue weighted by molar-refractivity contribution is 6.32. The normalized spacial score (nSPS) is 16.3. The fourth-order valence-electron chi connectivity index (χ4n) is 5.33. The zero-order valence-corrected chi connectivity index (χ0v) is 22.2. The van der Waals surface area contributed by atoms with Crippen molar-refractivity contribution in [1.82, 2.24) is 15.4 Å². The van der Waals surface area contributed by atoms with Gasteiger partial charge in [0.05, 0.1) is 23.1 Å². The molecule has 2 aromatic carbocycles. The Morgan fingerprint density at radius 2 is 1.90 bits per heavy atom. The standard InChI is InChI=1S/C28H30ClF4N3O3/c1-39-18-4-5-24-19(15-18)25(20(29)16-34-24)21(30)6-7-28(27(37)35-38)8-11-36(12-9-28)10-2-3-17-13-22(31)26(33)23(32)14-17/h4-5,13-16,21,38H,2-3,6-12H2,1H3,(H,35,37). The number of amides is 1. The summed E-state index contributed by atoms with van der Waals surface area (Å²) >= 11 is 6.35. The number of halogens is 5. The van der Waals surface area contributed by atoms with Gasteiger partial charge in [-0.05, 0) is 94.1 Å². The number of carbonyl (C=O) groups is 1. The molecule has 1 aromatic heterocycles. The second kappa shape index (κ2) is 12.5. The van der Waals surface area contributed by atoms with E-state index in [2.05, 4.69) is 9.88 Å². The van der Waals surface area contributed by atoms with Gasteiger partial charge in [0.15, 0.2) is 17.5 Å². The maximum absolute atomic E-state index is 15.7. The maximum atomic E-state index is 15.7. The van der Waals surface area contributed by atoms with E-state index in [1.54, 1.807) is 23.7 Å². The highest BCUT2D eigenvalue weighted by Crippen LogP contribution is 2.42. The number of rotatable bonds is 10. The van der Waals surface area contributed by atoms with E-state index in [4.69, 9.17) is 16.3 Å². The second-order valence-electron chi connectivity index (χ2n) is 9.95. The van der Waals surface area contributed by atoms with E-state index < -0.39 is 34.9 Å². The number of benzene rings is 2. The fraction of sp³-hybridized carbons (Fsp3) is 0.429. The molecule has 1 atom stereocenters. The maximum Gasteiger partial charge on any atom is 0.249 e. The molecule has 210 valence electrons. The summed E-state index contributed by atoms with van der Waals surface area (Å²) in [5.41, 5.74) is 2.01. The molecule has 0 saturated carbocycles. The van der Waals surface area contributed by atoms with Crippen molar-refractivity contribution in [3.63, 3.8) is 0 Å². The topological polar surface area (TPSA) is 74.7 Å². The number of fused-ring (bicyclic) bond motifs is 1. The largest absolute Gasteiger partial charge is 0.497 e. The molecule has 0 bridgehead atoms. The Kier molecular flexibility index (Phi) is 9.30. The lowest BCUT2D eigenvalue weighted by Gasteiger charge is -2.40. The van der Waals surface area contributed by atoms with Crippen molar-refractivity contribution in [2.45, 2.75) is 44.7 Å². The summed E-state index contributed by atoms with van der Waals surface area (Å²) in [4.78, 5) is 19.1. The van der Waals surface area contributed by atoms with Crippen LogP contribution in [0.1, 0.15) is 49.4 Å². The van der Waals surface area contributed by atoms with Crippen LogP contribution in [0.3, 0.4) is 0 Å². The van der Waals surface area contributed by atoms with Crippen LogP contribution < -0.4 is 10.2 Å². The van der Waals surface area contributed by atoms with Crippen molar-refractivity contribution < 1.29 is 32.3 Å². The van der Waals surface area contributed by atoms with Gasteiger partial charge in [-0.15, -0.1) is 0 Å². The molecule has 1 aliphatic rings. The molecule has 3 aromatic rings. The minimum atomic E-state index is -1.48. The number of nitrogens with zero attached hydrogens (tertiary/aromatic N) is 2. The fourth-order valence-corrected chi connectivity index (χ4v) is 5.60. The number of hydrogen-bond acceptors (Lipinski definition) is 5. The molecular weight excluding hydrogens is 538 g/mol. The average molecular weight is 568 g/mol. The van der Waals surface area contributed by atoms with E-state index in [0.717, 1.165) is 12.1 Å². The molecule has 11 heteroatoms. The molecule has 0 radical (unpaired) electrons. The Balaban J connectivity index is 1.39. The zero-order valence-electron chi connectivity index (χ0n) is 21.5. The van der Waals surface area contributed by atoms with Crippen molar-refractivity contribution in [2.75, 3.05) is 26.7 Å². The Labute approximate surface area is 228 Å². The number of aryl methyl sites for hydroxylation is 1. The molecular formula is C28H30ClF4N3O3. The van der Waals surface area contributed by atoms with Crippen LogP contribution in [0.15, 0.2) is 36.5 Å². The molecule has 2 heterocycles. The number of pyridine rings is 1. The first-order valence-electron chi connectivity index (χ1n) is 12.7. The summed E-state index contributed by atoms with van der Waals surface area (Å²) in [7, 11) is 1.51. The minimum Gasteiger partial charge on any atom is -0.497 e. The van der Waals surface area contributed by atoms with Gasteiger partial charge in [0, 0.05) is 17.1 Å². The van der Waals surface area contributed by atoms with Crippen molar-refractivity contribution in [2.24, 2.45) is 5.41 Å². The molecule has 0 aliphatic carbocycles. The number of hydrogen-bond donors (Lipinski definition) is 2. The predicted molar refractivity (Wildman–Crippen MR) is 139 cm³/mol. The summed E-state index contributed by atoms with van der Waals surface area (Å²) in [6.07, 6.45) is 1.84. The van der Waals surface area contributed by atoms with Gasteiger partial charge in [0.2, 0.25) is 5.91 Å². The van der Waals surface area contributed by atoms with E-state index in [-0.39, 0.29) is 23.4 Å². The van der Waals surface area contributed by atoms with Crippen LogP contribution in [0, 0.1) is 22.9 Å². The van der Waals surface area contributed by atoms with Gasteiger partial charge in [-0.1, -0.05) is 11.6 Å². The molecule has 1 aliphatic heterocycles. The van der Waals surface area contributed by atoms with Crippen LogP contribution in [-0.4, -0.2) is 47.7 Å². The van der Waals surface area contributed by atoms with Crippen LogP contribution in [0.5, 0.6) is 5.75 Å². The third-order valence-corrected chi connectivity index (χ3v) is 7.94. The molecule has 1 fully saturated rings. The van der Waals surface area contributed by atoms with Crippen LogP contribution >= 0.6 is 11.6 Å². The van der Waals surface area contributed by atoms with Gasteiger partial charge in [0.25, 0.3) is 0 Å². The number of alkyl halides is 1. The summed E-state index contributed by atoms with van der Waals surface area (Å²) in [5, 5.41) is 10.2. The molecule has 2 N–H and O–H groups in total. The van der Waals surface area contributed by atoms with Gasteiger partial charge < -0.3 is 9.64 Å². The Morgan fingerprint density at radius 3 is 2.54 bits per heavy atom. The SMILES string of the molecule is COc1ccc2ncc(Cl)c(C(F)CCC3(C(=O)NO)CCN(CCCc4cc(F)c(F)c(F)c4)CC3)c2c1. The Bertz CT molecular complexity index is 1310. The number of carbonyl (C=O) groups excluding carboxylic acids is 1. The summed E-state index contributed by atoms with van der Waals surface area (Å²) in [6, 6.07) is 7.12. The van der Waals surface area contributed by atoms with Crippen LogP contribution in [0.4, 0.5) is 17.6 Å². The molecule has 4 rings (SSSR count). The zero-order chi connectivity index (χ0) is 28.2. The third kappa shape index (κ3) is 6.45. The number of hydroxylamine groups is 1. The van der Waals surface area contributed by atoms with E-state index in [1.807, 2.05) is 0 Å². The third-order valence-electron chi connectivity index (χ3n) is 7.64. The molecule has 39 heavy (non-hydrogen) atoms. The van der Waals surface area contributed by atoms with E-state index in [9.17, 15) is 23.2 Å². The van der Waals surface area contributed by atoms with Gasteiger partial charge in [-0.3, -0.25) is 15.0 Å². The number of nitrogens with one attached hydrogen (secondary N) is 1. The molecule has 1 amide bonds. The lowest BCUT2D eigenvalue weighted by Crippen LogP contribution is -2.48. The van der Waals surface area contributed by atoms with E-state index in [0.29, 0.717) is 67.5 Å². The van der Waals surface area contributed by atoms with Gasteiger partial charge in [-0.2, -0.15) is 0 Å². The van der Waals surface area contributed by atoms with Gasteiger partial charge in [0.1, 0.15) is 11.9 Å². The lowest BCUT2D eigenvalue weighted by molar-refractivity contribution is -0.143. The molecule has 1 saturated heterocycles. The Hall–Kier alpha value is -2.95. The molecule has 1 unspecified atom stereocenters.